The molecule has 1 heterocycles. The molecule has 1 aromatic carbocycles. The van der Waals surface area contributed by atoms with E-state index in [2.05, 4.69) is 38.1 Å². The van der Waals surface area contributed by atoms with Gasteiger partial charge in [0.25, 0.3) is 0 Å². The second kappa shape index (κ2) is 9.56. The monoisotopic (exact) mass is 472 g/mol. The molecule has 9 heteroatoms. The van der Waals surface area contributed by atoms with Crippen LogP contribution < -0.4 is 0 Å². The van der Waals surface area contributed by atoms with Crippen LogP contribution in [-0.2, 0) is 15.8 Å². The van der Waals surface area contributed by atoms with Crippen LogP contribution in [0.2, 0.25) is 0 Å². The number of carbonyl (C=O) groups is 1. The normalized spacial score (nSPS) is 22.1. The fourth-order valence-electron chi connectivity index (χ4n) is 3.36. The summed E-state index contributed by atoms with van der Waals surface area (Å²) in [7, 11) is -1.30. The smallest absolute Gasteiger partial charge is 0.220 e. The third-order valence-corrected chi connectivity index (χ3v) is 7.79. The Morgan fingerprint density at radius 1 is 1.44 bits per heavy atom. The predicted molar refractivity (Wildman–Crippen MR) is 115 cm³/mol. The maximum absolute atomic E-state index is 13.4. The molecule has 1 saturated heterocycles. The van der Waals surface area contributed by atoms with E-state index in [-0.39, 0.29) is 18.5 Å². The number of piperidine rings is 1. The molecule has 1 fully saturated rings. The number of halogens is 1. The van der Waals surface area contributed by atoms with Gasteiger partial charge in [-0.1, -0.05) is 22.0 Å². The summed E-state index contributed by atoms with van der Waals surface area (Å²) < 4.78 is 16.0. The van der Waals surface area contributed by atoms with E-state index in [0.29, 0.717) is 0 Å². The quantitative estimate of drug-likeness (QED) is 0.236. The molecule has 0 saturated carbocycles. The minimum Gasteiger partial charge on any atom is -0.293 e. The Morgan fingerprint density at radius 2 is 2.15 bits per heavy atom. The first kappa shape index (κ1) is 22.4. The molecule has 1 aliphatic heterocycles. The minimum absolute atomic E-state index is 0.0433. The first-order valence-corrected chi connectivity index (χ1v) is 11.9. The van der Waals surface area contributed by atoms with Gasteiger partial charge in [-0.3, -0.25) is 4.79 Å². The number of thioether (sulfide) groups is 1. The lowest BCUT2D eigenvalue weighted by Gasteiger charge is -2.44. The number of rotatable bonds is 5. The van der Waals surface area contributed by atoms with Crippen LogP contribution >= 0.6 is 27.7 Å². The molecular weight excluding hydrogens is 448 g/mol. The van der Waals surface area contributed by atoms with Crippen molar-refractivity contribution >= 4 is 44.6 Å². The van der Waals surface area contributed by atoms with Crippen LogP contribution in [0.4, 0.5) is 0 Å². The van der Waals surface area contributed by atoms with Crippen LogP contribution in [0.3, 0.4) is 0 Å². The molecule has 0 radical (unpaired) electrons. The molecule has 0 aromatic heterocycles. The highest BCUT2D eigenvalue weighted by Crippen LogP contribution is 2.42. The average Bonchev–Trinajstić information content (AvgIpc) is 2.60. The maximum Gasteiger partial charge on any atom is 0.220 e. The van der Waals surface area contributed by atoms with Crippen molar-refractivity contribution in [1.29, 1.82) is 0 Å². The molecule has 148 valence electrons. The summed E-state index contributed by atoms with van der Waals surface area (Å²) in [5, 5.41) is 3.22. The number of carbonyl (C=O) groups excluding carboxylic acids is 1. The fourth-order valence-corrected chi connectivity index (χ4v) is 6.09. The van der Waals surface area contributed by atoms with E-state index in [1.165, 1.54) is 0 Å². The Bertz CT molecular complexity index is 775. The van der Waals surface area contributed by atoms with Crippen LogP contribution in [-0.4, -0.2) is 31.5 Å². The minimum atomic E-state index is -1.30. The first-order valence-electron chi connectivity index (χ1n) is 8.80. The van der Waals surface area contributed by atoms with E-state index in [4.69, 9.17) is 5.53 Å². The van der Waals surface area contributed by atoms with Crippen molar-refractivity contribution in [3.05, 3.63) is 38.7 Å². The number of nitrogens with zero attached hydrogens (tertiary/aromatic N) is 4. The van der Waals surface area contributed by atoms with E-state index in [9.17, 15) is 9.00 Å². The van der Waals surface area contributed by atoms with Crippen molar-refractivity contribution in [3.63, 3.8) is 0 Å². The second-order valence-corrected chi connectivity index (χ2v) is 11.4. The summed E-state index contributed by atoms with van der Waals surface area (Å²) >= 11 is 5.18. The van der Waals surface area contributed by atoms with Crippen molar-refractivity contribution in [2.75, 3.05) is 6.26 Å². The van der Waals surface area contributed by atoms with Crippen LogP contribution in [0.1, 0.15) is 58.1 Å². The van der Waals surface area contributed by atoms with E-state index in [0.717, 1.165) is 34.2 Å². The highest BCUT2D eigenvalue weighted by molar-refractivity contribution is 9.10. The van der Waals surface area contributed by atoms with E-state index in [1.807, 2.05) is 37.4 Å². The summed E-state index contributed by atoms with van der Waals surface area (Å²) in [6.07, 6.45) is 4.69. The molecule has 2 rings (SSSR count). The molecule has 1 aliphatic rings. The van der Waals surface area contributed by atoms with Gasteiger partial charge in [-0.2, -0.15) is 0 Å². The number of amides is 1. The van der Waals surface area contributed by atoms with Gasteiger partial charge in [0.2, 0.25) is 5.91 Å². The Kier molecular flexibility index (Phi) is 7.94. The van der Waals surface area contributed by atoms with Crippen molar-refractivity contribution < 1.29 is 9.00 Å². The Morgan fingerprint density at radius 3 is 2.74 bits per heavy atom. The topological polar surface area (TPSA) is 86.1 Å². The number of benzene rings is 1. The van der Waals surface area contributed by atoms with Gasteiger partial charge in [-0.25, -0.2) is 8.51 Å². The van der Waals surface area contributed by atoms with Crippen LogP contribution in [0.25, 0.3) is 10.4 Å². The molecule has 6 nitrogen and oxygen atoms in total. The summed E-state index contributed by atoms with van der Waals surface area (Å²) in [5.41, 5.74) is 9.68. The van der Waals surface area contributed by atoms with Gasteiger partial charge < -0.3 is 0 Å². The Hall–Kier alpha value is -0.860. The summed E-state index contributed by atoms with van der Waals surface area (Å²) in [6.45, 7) is 5.83. The summed E-state index contributed by atoms with van der Waals surface area (Å²) in [6, 6.07) is 5.90. The third-order valence-electron chi connectivity index (χ3n) is 4.52. The van der Waals surface area contributed by atoms with Gasteiger partial charge in [0.05, 0.1) is 4.75 Å². The van der Waals surface area contributed by atoms with E-state index < -0.39 is 21.6 Å². The number of hydrogen-bond donors (Lipinski definition) is 0. The molecule has 27 heavy (non-hydrogen) atoms. The standard InChI is InChI=1S/C18H25BrN4O2S2/c1-18(2,3)27(25)23-13(11-17(24)21-22-20)6-5-7-15(23)14-9-8-12(19)10-16(14)26-4/h8-10,13,15H,5-7,11H2,1-4H3/t13-,15-,27?/m0/s1. The zero-order chi connectivity index (χ0) is 20.2. The third kappa shape index (κ3) is 5.57. The van der Waals surface area contributed by atoms with Crippen molar-refractivity contribution in [2.24, 2.45) is 5.11 Å². The van der Waals surface area contributed by atoms with Crippen LogP contribution in [0.5, 0.6) is 0 Å². The molecule has 1 amide bonds. The van der Waals surface area contributed by atoms with Crippen molar-refractivity contribution in [2.45, 2.75) is 68.2 Å². The molecule has 3 atom stereocenters. The van der Waals surface area contributed by atoms with Gasteiger partial charge in [0.1, 0.15) is 11.0 Å². The zero-order valence-corrected chi connectivity index (χ0v) is 19.2. The lowest BCUT2D eigenvalue weighted by atomic mass is 9.92. The van der Waals surface area contributed by atoms with Gasteiger partial charge in [0, 0.05) is 32.8 Å². The fraction of sp³-hybridized carbons (Fsp3) is 0.611. The SMILES string of the molecule is CSc1cc(Br)ccc1[C@@H]1CCC[C@@H](CC(=O)N=[N+]=[N-])N1S(=O)C(C)(C)C. The first-order chi connectivity index (χ1) is 12.7. The number of hydrogen-bond acceptors (Lipinski definition) is 3. The molecule has 0 bridgehead atoms. The average molecular weight is 473 g/mol. The maximum atomic E-state index is 13.4. The van der Waals surface area contributed by atoms with Crippen molar-refractivity contribution in [1.82, 2.24) is 4.31 Å². The number of azide groups is 1. The highest BCUT2D eigenvalue weighted by atomic mass is 79.9. The van der Waals surface area contributed by atoms with E-state index in [1.54, 1.807) is 11.8 Å². The molecule has 0 aliphatic carbocycles. The molecule has 0 N–H and O–H groups in total. The zero-order valence-electron chi connectivity index (χ0n) is 16.0. The van der Waals surface area contributed by atoms with Gasteiger partial charge in [-0.05, 0) is 74.6 Å². The van der Waals surface area contributed by atoms with E-state index >= 15 is 0 Å². The molecule has 1 aromatic rings. The lowest BCUT2D eigenvalue weighted by molar-refractivity contribution is -0.119. The van der Waals surface area contributed by atoms with Crippen LogP contribution in [0.15, 0.2) is 32.7 Å². The van der Waals surface area contributed by atoms with Crippen molar-refractivity contribution in [3.8, 4) is 0 Å². The largest absolute Gasteiger partial charge is 0.293 e. The predicted octanol–water partition coefficient (Wildman–Crippen LogP) is 5.76. The molecular formula is C18H25BrN4O2S2. The molecule has 0 spiro atoms. The van der Waals surface area contributed by atoms with Gasteiger partial charge in [0.15, 0.2) is 0 Å². The Labute approximate surface area is 175 Å². The molecule has 1 unspecified atom stereocenters. The second-order valence-electron chi connectivity index (χ2n) is 7.50. The Balaban J connectivity index is 2.49. The van der Waals surface area contributed by atoms with Gasteiger partial charge >= 0.3 is 0 Å². The van der Waals surface area contributed by atoms with Gasteiger partial charge in [-0.15, -0.1) is 11.8 Å². The summed E-state index contributed by atoms with van der Waals surface area (Å²) in [4.78, 5) is 15.7. The van der Waals surface area contributed by atoms with Crippen LogP contribution in [0, 0.1) is 0 Å². The lowest BCUT2D eigenvalue weighted by Crippen LogP contribution is -2.48. The summed E-state index contributed by atoms with van der Waals surface area (Å²) in [5.74, 6) is -0.500. The highest BCUT2D eigenvalue weighted by Gasteiger charge is 2.40.